The van der Waals surface area contributed by atoms with Crippen molar-refractivity contribution in [2.75, 3.05) is 11.4 Å². The molecule has 20 heavy (non-hydrogen) atoms. The van der Waals surface area contributed by atoms with E-state index < -0.39 is 0 Å². The van der Waals surface area contributed by atoms with Crippen LogP contribution in [0.25, 0.3) is 0 Å². The predicted molar refractivity (Wildman–Crippen MR) is 81.4 cm³/mol. The number of carbonyl (C=O) groups is 1. The highest BCUT2D eigenvalue weighted by molar-refractivity contribution is 6.07. The van der Waals surface area contributed by atoms with Crippen LogP contribution in [0.4, 0.5) is 5.69 Å². The van der Waals surface area contributed by atoms with Gasteiger partial charge in [0.15, 0.2) is 0 Å². The maximum atomic E-state index is 12.7. The van der Waals surface area contributed by atoms with Crippen LogP contribution in [-0.4, -0.2) is 17.6 Å². The van der Waals surface area contributed by atoms with Gasteiger partial charge in [0, 0.05) is 17.8 Å². The number of nitrogens with zero attached hydrogens (tertiary/aromatic N) is 1. The molecule has 0 saturated heterocycles. The van der Waals surface area contributed by atoms with Gasteiger partial charge in [-0.2, -0.15) is 0 Å². The normalized spacial score (nSPS) is 10.3. The fourth-order valence-corrected chi connectivity index (χ4v) is 2.27. The van der Waals surface area contributed by atoms with Crippen LogP contribution in [0.5, 0.6) is 5.75 Å². The van der Waals surface area contributed by atoms with Gasteiger partial charge in [0.2, 0.25) is 0 Å². The summed E-state index contributed by atoms with van der Waals surface area (Å²) in [5.41, 5.74) is 3.41. The van der Waals surface area contributed by atoms with E-state index >= 15 is 0 Å². The average molecular weight is 269 g/mol. The lowest BCUT2D eigenvalue weighted by molar-refractivity contribution is 0.0987. The molecule has 3 nitrogen and oxygen atoms in total. The molecule has 0 fully saturated rings. The molecule has 1 N–H and O–H groups in total. The number of hydrogen-bond acceptors (Lipinski definition) is 2. The number of hydrogen-bond donors (Lipinski definition) is 1. The highest BCUT2D eigenvalue weighted by atomic mass is 16.3. The second kappa shape index (κ2) is 5.78. The SMILES string of the molecule is CCN(C(=O)c1ccc(O)cc1C)c1cccc(C)c1. The van der Waals surface area contributed by atoms with Crippen molar-refractivity contribution in [3.05, 3.63) is 59.2 Å². The summed E-state index contributed by atoms with van der Waals surface area (Å²) >= 11 is 0. The van der Waals surface area contributed by atoms with Crippen LogP contribution < -0.4 is 4.90 Å². The quantitative estimate of drug-likeness (QED) is 0.923. The molecule has 2 rings (SSSR count). The molecule has 0 atom stereocenters. The van der Waals surface area contributed by atoms with Gasteiger partial charge in [0.05, 0.1) is 0 Å². The van der Waals surface area contributed by atoms with E-state index in [2.05, 4.69) is 0 Å². The van der Waals surface area contributed by atoms with Crippen LogP contribution in [-0.2, 0) is 0 Å². The molecule has 0 saturated carbocycles. The number of benzene rings is 2. The van der Waals surface area contributed by atoms with Crippen molar-refractivity contribution in [2.24, 2.45) is 0 Å². The zero-order valence-electron chi connectivity index (χ0n) is 12.1. The lowest BCUT2D eigenvalue weighted by atomic mass is 10.1. The van der Waals surface area contributed by atoms with Crippen molar-refractivity contribution >= 4 is 11.6 Å². The second-order valence-corrected chi connectivity index (χ2v) is 4.89. The molecule has 2 aromatic carbocycles. The molecule has 0 aliphatic rings. The first-order valence-corrected chi connectivity index (χ1v) is 6.71. The molecule has 1 amide bonds. The smallest absolute Gasteiger partial charge is 0.258 e. The summed E-state index contributed by atoms with van der Waals surface area (Å²) in [6.07, 6.45) is 0. The predicted octanol–water partition coefficient (Wildman–Crippen LogP) is 3.68. The summed E-state index contributed by atoms with van der Waals surface area (Å²) in [6, 6.07) is 12.7. The van der Waals surface area contributed by atoms with E-state index in [0.29, 0.717) is 12.1 Å². The average Bonchev–Trinajstić information content (AvgIpc) is 2.39. The van der Waals surface area contributed by atoms with Gasteiger partial charge in [-0.25, -0.2) is 0 Å². The van der Waals surface area contributed by atoms with E-state index in [1.807, 2.05) is 45.0 Å². The Labute approximate surface area is 119 Å². The Morgan fingerprint density at radius 1 is 1.15 bits per heavy atom. The Morgan fingerprint density at radius 3 is 2.50 bits per heavy atom. The van der Waals surface area contributed by atoms with Gasteiger partial charge in [-0.1, -0.05) is 12.1 Å². The number of phenolic OH excluding ortho intramolecular Hbond substituents is 1. The first kappa shape index (κ1) is 14.1. The molecule has 0 heterocycles. The van der Waals surface area contributed by atoms with Gasteiger partial charge in [0.25, 0.3) is 5.91 Å². The van der Waals surface area contributed by atoms with Gasteiger partial charge in [-0.05, 0) is 62.2 Å². The molecule has 3 heteroatoms. The Bertz CT molecular complexity index is 635. The largest absolute Gasteiger partial charge is 0.508 e. The van der Waals surface area contributed by atoms with E-state index in [1.54, 1.807) is 23.1 Å². The number of rotatable bonds is 3. The van der Waals surface area contributed by atoms with E-state index in [1.165, 1.54) is 0 Å². The maximum Gasteiger partial charge on any atom is 0.258 e. The third kappa shape index (κ3) is 2.82. The summed E-state index contributed by atoms with van der Waals surface area (Å²) in [6.45, 7) is 6.39. The Balaban J connectivity index is 2.39. The van der Waals surface area contributed by atoms with Crippen molar-refractivity contribution in [2.45, 2.75) is 20.8 Å². The second-order valence-electron chi connectivity index (χ2n) is 4.89. The van der Waals surface area contributed by atoms with Crippen molar-refractivity contribution in [3.63, 3.8) is 0 Å². The van der Waals surface area contributed by atoms with Crippen LogP contribution in [0.2, 0.25) is 0 Å². The summed E-state index contributed by atoms with van der Waals surface area (Å²) in [5.74, 6) is 0.133. The van der Waals surface area contributed by atoms with Crippen LogP contribution >= 0.6 is 0 Å². The van der Waals surface area contributed by atoms with E-state index in [4.69, 9.17) is 0 Å². The minimum Gasteiger partial charge on any atom is -0.508 e. The minimum atomic E-state index is -0.0457. The van der Waals surface area contributed by atoms with Gasteiger partial charge < -0.3 is 10.0 Å². The number of carbonyl (C=O) groups excluding carboxylic acids is 1. The molecule has 0 aliphatic carbocycles. The summed E-state index contributed by atoms with van der Waals surface area (Å²) in [5, 5.41) is 9.44. The molecule has 0 spiro atoms. The number of phenols is 1. The topological polar surface area (TPSA) is 40.5 Å². The molecular formula is C17H19NO2. The van der Waals surface area contributed by atoms with Crippen molar-refractivity contribution in [1.82, 2.24) is 0 Å². The minimum absolute atomic E-state index is 0.0457. The van der Waals surface area contributed by atoms with Gasteiger partial charge in [0.1, 0.15) is 5.75 Å². The Hall–Kier alpha value is -2.29. The van der Waals surface area contributed by atoms with Crippen molar-refractivity contribution < 1.29 is 9.90 Å². The van der Waals surface area contributed by atoms with E-state index in [-0.39, 0.29) is 11.7 Å². The van der Waals surface area contributed by atoms with Gasteiger partial charge in [-0.3, -0.25) is 4.79 Å². The Morgan fingerprint density at radius 2 is 1.90 bits per heavy atom. The highest BCUT2D eigenvalue weighted by Gasteiger charge is 2.18. The highest BCUT2D eigenvalue weighted by Crippen LogP contribution is 2.22. The molecule has 0 radical (unpaired) electrons. The van der Waals surface area contributed by atoms with E-state index in [9.17, 15) is 9.90 Å². The van der Waals surface area contributed by atoms with E-state index in [0.717, 1.165) is 16.8 Å². The lowest BCUT2D eigenvalue weighted by Gasteiger charge is -2.22. The van der Waals surface area contributed by atoms with Gasteiger partial charge in [-0.15, -0.1) is 0 Å². The van der Waals surface area contributed by atoms with Crippen LogP contribution in [0.3, 0.4) is 0 Å². The molecule has 0 aromatic heterocycles. The fourth-order valence-electron chi connectivity index (χ4n) is 2.27. The zero-order chi connectivity index (χ0) is 14.7. The first-order valence-electron chi connectivity index (χ1n) is 6.71. The van der Waals surface area contributed by atoms with Gasteiger partial charge >= 0.3 is 0 Å². The van der Waals surface area contributed by atoms with Crippen LogP contribution in [0.1, 0.15) is 28.4 Å². The van der Waals surface area contributed by atoms with Crippen LogP contribution in [0.15, 0.2) is 42.5 Å². The zero-order valence-corrected chi connectivity index (χ0v) is 12.1. The molecule has 0 aliphatic heterocycles. The summed E-state index contributed by atoms with van der Waals surface area (Å²) in [7, 11) is 0. The molecule has 2 aromatic rings. The lowest BCUT2D eigenvalue weighted by Crippen LogP contribution is -2.31. The number of anilines is 1. The maximum absolute atomic E-state index is 12.7. The standard InChI is InChI=1S/C17H19NO2/c1-4-18(14-7-5-6-12(2)10-14)17(20)16-9-8-15(19)11-13(16)3/h5-11,19H,4H2,1-3H3. The molecule has 0 bridgehead atoms. The number of aromatic hydroxyl groups is 1. The number of aryl methyl sites for hydroxylation is 2. The summed E-state index contributed by atoms with van der Waals surface area (Å²) < 4.78 is 0. The first-order chi connectivity index (χ1) is 9.52. The third-order valence-electron chi connectivity index (χ3n) is 3.32. The Kier molecular flexibility index (Phi) is 4.08. The van der Waals surface area contributed by atoms with Crippen molar-refractivity contribution in [3.8, 4) is 5.75 Å². The molecule has 0 unspecified atom stereocenters. The molecular weight excluding hydrogens is 250 g/mol. The van der Waals surface area contributed by atoms with Crippen molar-refractivity contribution in [1.29, 1.82) is 0 Å². The third-order valence-corrected chi connectivity index (χ3v) is 3.32. The molecule has 104 valence electrons. The number of amides is 1. The van der Waals surface area contributed by atoms with Crippen LogP contribution in [0, 0.1) is 13.8 Å². The fraction of sp³-hybridized carbons (Fsp3) is 0.235. The summed E-state index contributed by atoms with van der Waals surface area (Å²) in [4.78, 5) is 14.4. The monoisotopic (exact) mass is 269 g/mol.